The second-order valence-electron chi connectivity index (χ2n) is 3.37. The minimum Gasteiger partial charge on any atom is -0.370 e. The molecule has 1 saturated heterocycles. The minimum atomic E-state index is -0.106. The zero-order valence-corrected chi connectivity index (χ0v) is 10.0. The molecule has 1 aromatic rings. The third kappa shape index (κ3) is 2.08. The molecule has 16 heavy (non-hydrogen) atoms. The van der Waals surface area contributed by atoms with Crippen LogP contribution in [-0.4, -0.2) is 25.7 Å². The summed E-state index contributed by atoms with van der Waals surface area (Å²) in [6.07, 6.45) is 0. The van der Waals surface area contributed by atoms with Crippen LogP contribution in [0.15, 0.2) is 22.7 Å². The maximum absolute atomic E-state index is 11.6. The Labute approximate surface area is 102 Å². The van der Waals surface area contributed by atoms with Gasteiger partial charge in [0.05, 0.1) is 17.9 Å². The van der Waals surface area contributed by atoms with E-state index in [1.165, 1.54) is 0 Å². The summed E-state index contributed by atoms with van der Waals surface area (Å²) in [6, 6.07) is 7.38. The van der Waals surface area contributed by atoms with Crippen LogP contribution in [0.1, 0.15) is 5.56 Å². The second kappa shape index (κ2) is 4.64. The molecule has 0 spiro atoms. The monoisotopic (exact) mass is 280 g/mol. The van der Waals surface area contributed by atoms with E-state index in [9.17, 15) is 4.79 Å². The van der Waals surface area contributed by atoms with Gasteiger partial charge >= 0.3 is 0 Å². The lowest BCUT2D eigenvalue weighted by molar-refractivity contribution is -0.125. The summed E-state index contributed by atoms with van der Waals surface area (Å²) in [4.78, 5) is 13.2. The number of carbonyl (C=O) groups excluding carboxylic acids is 1. The topological polar surface area (TPSA) is 53.3 Å². The minimum absolute atomic E-state index is 0.0843. The van der Waals surface area contributed by atoms with Gasteiger partial charge in [-0.3, -0.25) is 4.79 Å². The van der Waals surface area contributed by atoms with Crippen LogP contribution in [0.4, 0.5) is 5.69 Å². The molecule has 1 aliphatic rings. The highest BCUT2D eigenvalue weighted by Crippen LogP contribution is 2.25. The summed E-state index contributed by atoms with van der Waals surface area (Å²) in [5.74, 6) is -0.106. The molecule has 82 valence electrons. The molecule has 0 aromatic heterocycles. The van der Waals surface area contributed by atoms with Crippen molar-refractivity contribution in [1.29, 1.82) is 5.26 Å². The van der Waals surface area contributed by atoms with Gasteiger partial charge in [0, 0.05) is 11.0 Å². The van der Waals surface area contributed by atoms with Crippen LogP contribution in [0, 0.1) is 11.3 Å². The van der Waals surface area contributed by atoms with Gasteiger partial charge in [-0.15, -0.1) is 0 Å². The first-order chi connectivity index (χ1) is 7.72. The molecule has 1 fully saturated rings. The molecule has 1 heterocycles. The Hall–Kier alpha value is -1.38. The number of rotatable bonds is 1. The fourth-order valence-corrected chi connectivity index (χ4v) is 1.97. The summed E-state index contributed by atoms with van der Waals surface area (Å²) in [6.45, 7) is 1.09. The number of halogens is 1. The lowest BCUT2D eigenvalue weighted by atomic mass is 10.1. The summed E-state index contributed by atoms with van der Waals surface area (Å²) in [5.41, 5.74) is 1.14. The fraction of sp³-hybridized carbons (Fsp3) is 0.273. The molecule has 0 N–H and O–H groups in total. The fourth-order valence-electron chi connectivity index (χ4n) is 1.61. The van der Waals surface area contributed by atoms with Crippen molar-refractivity contribution >= 4 is 27.5 Å². The van der Waals surface area contributed by atoms with E-state index in [0.29, 0.717) is 24.4 Å². The molecule has 0 unspecified atom stereocenters. The van der Waals surface area contributed by atoms with Crippen molar-refractivity contribution in [3.8, 4) is 6.07 Å². The number of hydrogen-bond acceptors (Lipinski definition) is 3. The van der Waals surface area contributed by atoms with Gasteiger partial charge in [-0.25, -0.2) is 0 Å². The van der Waals surface area contributed by atoms with Crippen LogP contribution in [0.25, 0.3) is 0 Å². The summed E-state index contributed by atoms with van der Waals surface area (Å²) < 4.78 is 5.87. The maximum Gasteiger partial charge on any atom is 0.253 e. The highest BCUT2D eigenvalue weighted by molar-refractivity contribution is 9.10. The van der Waals surface area contributed by atoms with Gasteiger partial charge in [0.1, 0.15) is 12.7 Å². The smallest absolute Gasteiger partial charge is 0.253 e. The van der Waals surface area contributed by atoms with Crippen molar-refractivity contribution < 1.29 is 9.53 Å². The second-order valence-corrected chi connectivity index (χ2v) is 4.29. The SMILES string of the molecule is N#Cc1cc(Br)ccc1N1CCOCC1=O. The van der Waals surface area contributed by atoms with Gasteiger partial charge < -0.3 is 9.64 Å². The number of carbonyl (C=O) groups is 1. The average molecular weight is 281 g/mol. The van der Waals surface area contributed by atoms with Crippen molar-refractivity contribution in [3.05, 3.63) is 28.2 Å². The predicted molar refractivity (Wildman–Crippen MR) is 62.0 cm³/mol. The largest absolute Gasteiger partial charge is 0.370 e. The van der Waals surface area contributed by atoms with Crippen molar-refractivity contribution in [3.63, 3.8) is 0 Å². The van der Waals surface area contributed by atoms with Crippen molar-refractivity contribution in [2.75, 3.05) is 24.7 Å². The Morgan fingerprint density at radius 1 is 1.50 bits per heavy atom. The Morgan fingerprint density at radius 2 is 2.31 bits per heavy atom. The van der Waals surface area contributed by atoms with Crippen LogP contribution in [0.3, 0.4) is 0 Å². The van der Waals surface area contributed by atoms with E-state index in [4.69, 9.17) is 10.00 Å². The highest BCUT2D eigenvalue weighted by Gasteiger charge is 2.22. The van der Waals surface area contributed by atoms with Gasteiger partial charge in [0.2, 0.25) is 0 Å². The number of hydrogen-bond donors (Lipinski definition) is 0. The number of ether oxygens (including phenoxy) is 1. The summed E-state index contributed by atoms with van der Waals surface area (Å²) >= 11 is 3.30. The number of nitrogens with zero attached hydrogens (tertiary/aromatic N) is 2. The Bertz CT molecular complexity index is 468. The first-order valence-corrected chi connectivity index (χ1v) is 5.59. The molecule has 0 aliphatic carbocycles. The zero-order valence-electron chi connectivity index (χ0n) is 8.44. The molecule has 0 radical (unpaired) electrons. The molecule has 1 amide bonds. The first-order valence-electron chi connectivity index (χ1n) is 4.80. The van der Waals surface area contributed by atoms with E-state index in [-0.39, 0.29) is 12.5 Å². The standard InChI is InChI=1S/C11H9BrN2O2/c12-9-1-2-10(8(5-9)6-13)14-3-4-16-7-11(14)15/h1-2,5H,3-4,7H2. The van der Waals surface area contributed by atoms with Crippen LogP contribution in [0.2, 0.25) is 0 Å². The van der Waals surface area contributed by atoms with Gasteiger partial charge in [-0.05, 0) is 18.2 Å². The van der Waals surface area contributed by atoms with Gasteiger partial charge in [-0.1, -0.05) is 15.9 Å². The van der Waals surface area contributed by atoms with E-state index in [2.05, 4.69) is 22.0 Å². The number of nitriles is 1. The molecule has 1 aliphatic heterocycles. The molecule has 0 bridgehead atoms. The Kier molecular flexibility index (Phi) is 3.22. The van der Waals surface area contributed by atoms with Crippen LogP contribution >= 0.6 is 15.9 Å². The van der Waals surface area contributed by atoms with Crippen molar-refractivity contribution in [2.24, 2.45) is 0 Å². The Balaban J connectivity index is 2.39. The van der Waals surface area contributed by atoms with E-state index in [0.717, 1.165) is 4.47 Å². The van der Waals surface area contributed by atoms with Gasteiger partial charge in [-0.2, -0.15) is 5.26 Å². The van der Waals surface area contributed by atoms with E-state index in [1.807, 2.05) is 6.07 Å². The van der Waals surface area contributed by atoms with E-state index in [1.54, 1.807) is 17.0 Å². The van der Waals surface area contributed by atoms with Crippen LogP contribution in [-0.2, 0) is 9.53 Å². The van der Waals surface area contributed by atoms with E-state index >= 15 is 0 Å². The summed E-state index contributed by atoms with van der Waals surface area (Å²) in [5, 5.41) is 9.02. The average Bonchev–Trinajstić information content (AvgIpc) is 2.30. The predicted octanol–water partition coefficient (Wildman–Crippen LogP) is 1.68. The number of anilines is 1. The third-order valence-corrected chi connectivity index (χ3v) is 2.85. The molecule has 0 saturated carbocycles. The third-order valence-electron chi connectivity index (χ3n) is 2.36. The Morgan fingerprint density at radius 3 is 3.00 bits per heavy atom. The molecule has 4 nitrogen and oxygen atoms in total. The van der Waals surface area contributed by atoms with Gasteiger partial charge in [0.25, 0.3) is 5.91 Å². The molecule has 2 rings (SSSR count). The van der Waals surface area contributed by atoms with Crippen LogP contribution < -0.4 is 4.90 Å². The molecule has 0 atom stereocenters. The lowest BCUT2D eigenvalue weighted by Crippen LogP contribution is -2.42. The molecular weight excluding hydrogens is 272 g/mol. The molecule has 1 aromatic carbocycles. The molecular formula is C11H9BrN2O2. The highest BCUT2D eigenvalue weighted by atomic mass is 79.9. The van der Waals surface area contributed by atoms with Crippen molar-refractivity contribution in [2.45, 2.75) is 0 Å². The van der Waals surface area contributed by atoms with E-state index < -0.39 is 0 Å². The lowest BCUT2D eigenvalue weighted by Gasteiger charge is -2.27. The summed E-state index contributed by atoms with van der Waals surface area (Å²) in [7, 11) is 0. The zero-order chi connectivity index (χ0) is 11.5. The first kappa shape index (κ1) is 11.1. The quantitative estimate of drug-likeness (QED) is 0.787. The normalized spacial score (nSPS) is 16.0. The van der Waals surface area contributed by atoms with Gasteiger partial charge in [0.15, 0.2) is 0 Å². The maximum atomic E-state index is 11.6. The van der Waals surface area contributed by atoms with Crippen LogP contribution in [0.5, 0.6) is 0 Å². The number of morpholine rings is 1. The molecule has 5 heteroatoms. The van der Waals surface area contributed by atoms with Crippen molar-refractivity contribution in [1.82, 2.24) is 0 Å². The number of amides is 1. The number of benzene rings is 1.